The third-order valence-corrected chi connectivity index (χ3v) is 7.54. The van der Waals surface area contributed by atoms with E-state index in [0.29, 0.717) is 36.8 Å². The molecule has 2 aromatic heterocycles. The zero-order valence-corrected chi connectivity index (χ0v) is 22.3. The molecule has 0 atom stereocenters. The molecule has 0 unspecified atom stereocenters. The number of aromatic nitrogens is 2. The Morgan fingerprint density at radius 3 is 2.73 bits per heavy atom. The number of hydrogen-bond acceptors (Lipinski definition) is 10. The molecule has 0 spiro atoms. The van der Waals surface area contributed by atoms with Crippen LogP contribution < -0.4 is 15.8 Å². The quantitative estimate of drug-likeness (QED) is 0.232. The molecule has 1 aromatic carbocycles. The topological polar surface area (TPSA) is 130 Å². The minimum absolute atomic E-state index is 0.520. The first-order valence-corrected chi connectivity index (χ1v) is 13.3. The monoisotopic (exact) mass is 525 g/mol. The van der Waals surface area contributed by atoms with Crippen LogP contribution in [-0.2, 0) is 22.4 Å². The van der Waals surface area contributed by atoms with Crippen LogP contribution in [0.15, 0.2) is 18.5 Å². The molecule has 1 aliphatic heterocycles. The summed E-state index contributed by atoms with van der Waals surface area (Å²) in [6.07, 6.45) is 8.35. The number of nitrogens with one attached hydrogen (secondary N) is 2. The van der Waals surface area contributed by atoms with Gasteiger partial charge in [-0.25, -0.2) is 9.97 Å². The Bertz CT molecular complexity index is 1220. The molecular weight excluding hydrogens is 490 g/mol. The normalized spacial score (nSPS) is 15.1. The van der Waals surface area contributed by atoms with Crippen LogP contribution >= 0.6 is 11.3 Å². The number of fused-ring (bicyclic) bond motifs is 3. The van der Waals surface area contributed by atoms with Crippen LogP contribution in [0, 0.1) is 5.41 Å². The number of nitrogens with zero attached hydrogens (tertiary/aromatic N) is 4. The highest BCUT2D eigenvalue weighted by molar-refractivity contribution is 7.19. The first-order chi connectivity index (χ1) is 18.0. The summed E-state index contributed by atoms with van der Waals surface area (Å²) >= 11 is 1.77. The molecule has 37 heavy (non-hydrogen) atoms. The molecule has 4 N–H and O–H groups in total. The summed E-state index contributed by atoms with van der Waals surface area (Å²) in [7, 11) is 4.01. The Morgan fingerprint density at radius 2 is 2.03 bits per heavy atom. The van der Waals surface area contributed by atoms with Crippen LogP contribution in [0.5, 0.6) is 5.75 Å². The lowest BCUT2D eigenvalue weighted by Crippen LogP contribution is -2.34. The van der Waals surface area contributed by atoms with Gasteiger partial charge in [-0.15, -0.1) is 11.3 Å². The SMILES string of the molecule is CN(C)CCOc1cc(N)c(C=N)cc1Nc1ncnc2sc3c(c12)CCCC3.O=CN1CCOCC1. The lowest BCUT2D eigenvalue weighted by molar-refractivity contribution is -0.121. The number of thiophene rings is 1. The maximum Gasteiger partial charge on any atom is 0.209 e. The minimum Gasteiger partial charge on any atom is -0.490 e. The van der Waals surface area contributed by atoms with E-state index in [4.69, 9.17) is 20.6 Å². The summed E-state index contributed by atoms with van der Waals surface area (Å²) in [6, 6.07) is 3.62. The number of carbonyl (C=O) groups excluding carboxylic acids is 1. The third kappa shape index (κ3) is 6.73. The molecule has 5 rings (SSSR count). The Hall–Kier alpha value is -3.28. The molecule has 1 aliphatic carbocycles. The van der Waals surface area contributed by atoms with Crippen molar-refractivity contribution in [3.8, 4) is 5.75 Å². The second-order valence-electron chi connectivity index (χ2n) is 9.27. The number of benzene rings is 1. The zero-order valence-electron chi connectivity index (χ0n) is 21.5. The second kappa shape index (κ2) is 12.8. The number of ether oxygens (including phenoxy) is 2. The van der Waals surface area contributed by atoms with Gasteiger partial charge in [-0.3, -0.25) is 4.79 Å². The highest BCUT2D eigenvalue weighted by Crippen LogP contribution is 2.40. The van der Waals surface area contributed by atoms with Crippen molar-refractivity contribution in [1.82, 2.24) is 19.8 Å². The average Bonchev–Trinajstić information content (AvgIpc) is 3.30. The van der Waals surface area contributed by atoms with Gasteiger partial charge in [-0.1, -0.05) is 0 Å². The van der Waals surface area contributed by atoms with Crippen molar-refractivity contribution in [2.24, 2.45) is 0 Å². The Morgan fingerprint density at radius 1 is 1.24 bits per heavy atom. The van der Waals surface area contributed by atoms with Gasteiger partial charge in [-0.05, 0) is 51.4 Å². The van der Waals surface area contributed by atoms with Gasteiger partial charge in [0.15, 0.2) is 0 Å². The molecular formula is C26H35N7O3S. The number of carbonyl (C=O) groups is 1. The molecule has 0 bridgehead atoms. The predicted octanol–water partition coefficient (Wildman–Crippen LogP) is 3.31. The number of likely N-dealkylation sites (N-methyl/N-ethyl adjacent to an activating group) is 1. The fourth-order valence-electron chi connectivity index (χ4n) is 4.29. The van der Waals surface area contributed by atoms with Gasteiger partial charge in [0.25, 0.3) is 0 Å². The molecule has 10 nitrogen and oxygen atoms in total. The van der Waals surface area contributed by atoms with Crippen LogP contribution in [0.1, 0.15) is 28.8 Å². The highest BCUT2D eigenvalue weighted by atomic mass is 32.1. The van der Waals surface area contributed by atoms with Gasteiger partial charge in [0.2, 0.25) is 6.41 Å². The number of aryl methyl sites for hydroxylation is 2. The zero-order chi connectivity index (χ0) is 26.2. The van der Waals surface area contributed by atoms with Crippen LogP contribution in [-0.4, -0.2) is 85.9 Å². The van der Waals surface area contributed by atoms with Crippen LogP contribution in [0.25, 0.3) is 10.2 Å². The van der Waals surface area contributed by atoms with Crippen molar-refractivity contribution in [1.29, 1.82) is 5.41 Å². The fraction of sp³-hybridized carbons (Fsp3) is 0.462. The van der Waals surface area contributed by atoms with Crippen molar-refractivity contribution in [3.05, 3.63) is 34.5 Å². The van der Waals surface area contributed by atoms with Crippen molar-refractivity contribution in [3.63, 3.8) is 0 Å². The largest absolute Gasteiger partial charge is 0.490 e. The smallest absolute Gasteiger partial charge is 0.209 e. The lowest BCUT2D eigenvalue weighted by Gasteiger charge is -2.21. The van der Waals surface area contributed by atoms with E-state index < -0.39 is 0 Å². The summed E-state index contributed by atoms with van der Waals surface area (Å²) in [6.45, 7) is 4.23. The Kier molecular flexibility index (Phi) is 9.26. The first kappa shape index (κ1) is 26.8. The molecule has 2 aliphatic rings. The van der Waals surface area contributed by atoms with Crippen molar-refractivity contribution < 1.29 is 14.3 Å². The number of amides is 1. The molecule has 1 saturated heterocycles. The summed E-state index contributed by atoms with van der Waals surface area (Å²) in [5, 5.41) is 12.2. The number of nitrogen functional groups attached to an aromatic ring is 1. The van der Waals surface area contributed by atoms with Gasteiger partial charge in [0.05, 0.1) is 24.3 Å². The molecule has 198 valence electrons. The third-order valence-electron chi connectivity index (χ3n) is 6.34. The first-order valence-electron chi connectivity index (χ1n) is 12.5. The summed E-state index contributed by atoms with van der Waals surface area (Å²) in [4.78, 5) is 25.3. The summed E-state index contributed by atoms with van der Waals surface area (Å²) in [5.74, 6) is 1.44. The maximum atomic E-state index is 10.0. The number of morpholine rings is 1. The van der Waals surface area contributed by atoms with Crippen LogP contribution in [0.4, 0.5) is 17.2 Å². The fourth-order valence-corrected chi connectivity index (χ4v) is 5.52. The van der Waals surface area contributed by atoms with Crippen LogP contribution in [0.3, 0.4) is 0 Å². The van der Waals surface area contributed by atoms with Crippen molar-refractivity contribution in [2.45, 2.75) is 25.7 Å². The number of anilines is 3. The van der Waals surface area contributed by atoms with Gasteiger partial charge < -0.3 is 35.7 Å². The molecule has 1 amide bonds. The van der Waals surface area contributed by atoms with Gasteiger partial charge in [-0.2, -0.15) is 0 Å². The number of nitrogens with two attached hydrogens (primary N) is 1. The van der Waals surface area contributed by atoms with Crippen LogP contribution in [0.2, 0.25) is 0 Å². The molecule has 1 fully saturated rings. The molecule has 11 heteroatoms. The Labute approximate surface area is 221 Å². The lowest BCUT2D eigenvalue weighted by atomic mass is 9.97. The number of rotatable bonds is 8. The van der Waals surface area contributed by atoms with E-state index >= 15 is 0 Å². The average molecular weight is 526 g/mol. The van der Waals surface area contributed by atoms with E-state index in [-0.39, 0.29) is 0 Å². The van der Waals surface area contributed by atoms with E-state index in [1.165, 1.54) is 29.5 Å². The van der Waals surface area contributed by atoms with Gasteiger partial charge in [0.1, 0.15) is 29.3 Å². The van der Waals surface area contributed by atoms with E-state index in [1.54, 1.807) is 28.6 Å². The number of hydrogen-bond donors (Lipinski definition) is 3. The van der Waals surface area contributed by atoms with E-state index in [0.717, 1.165) is 60.6 Å². The van der Waals surface area contributed by atoms with E-state index in [1.807, 2.05) is 20.2 Å². The minimum atomic E-state index is 0.520. The molecule has 0 saturated carbocycles. The molecule has 3 heterocycles. The summed E-state index contributed by atoms with van der Waals surface area (Å²) in [5.41, 5.74) is 9.39. The predicted molar refractivity (Wildman–Crippen MR) is 149 cm³/mol. The standard InChI is InChI=1S/C21H26N6OS.C5H9NO2/c1-27(2)7-8-28-17-10-15(23)13(11-22)9-16(17)26-20-19-14-5-3-4-6-18(14)29-21(19)25-12-24-20;7-5-6-1-3-8-4-2-6/h9-12,22H,3-8,23H2,1-2H3,(H,24,25,26);5H,1-4H2. The maximum absolute atomic E-state index is 10.0. The molecule has 3 aromatic rings. The molecule has 0 radical (unpaired) electrons. The Balaban J connectivity index is 0.000000342. The van der Waals surface area contributed by atoms with Gasteiger partial charge in [0, 0.05) is 48.0 Å². The van der Waals surface area contributed by atoms with Crippen molar-refractivity contribution >= 4 is 51.4 Å². The summed E-state index contributed by atoms with van der Waals surface area (Å²) < 4.78 is 11.0. The van der Waals surface area contributed by atoms with E-state index in [2.05, 4.69) is 20.2 Å². The van der Waals surface area contributed by atoms with Crippen molar-refractivity contribution in [2.75, 3.05) is 64.6 Å². The highest BCUT2D eigenvalue weighted by Gasteiger charge is 2.21. The van der Waals surface area contributed by atoms with E-state index in [9.17, 15) is 4.79 Å². The van der Waals surface area contributed by atoms with Gasteiger partial charge >= 0.3 is 0 Å². The second-order valence-corrected chi connectivity index (χ2v) is 10.3.